The van der Waals surface area contributed by atoms with Crippen molar-refractivity contribution >= 4 is 17.2 Å². The van der Waals surface area contributed by atoms with E-state index < -0.39 is 0 Å². The molecule has 1 unspecified atom stereocenters. The fraction of sp³-hybridized carbons (Fsp3) is 0.450. The zero-order valence-electron chi connectivity index (χ0n) is 15.5. The van der Waals surface area contributed by atoms with E-state index in [1.807, 2.05) is 28.5 Å². The molecule has 1 saturated heterocycles. The number of pyridine rings is 1. The number of thiazole rings is 1. The first-order valence-electron chi connectivity index (χ1n) is 9.67. The summed E-state index contributed by atoms with van der Waals surface area (Å²) in [6.45, 7) is 1.36. The average molecular weight is 395 g/mol. The van der Waals surface area contributed by atoms with E-state index in [2.05, 4.69) is 15.1 Å². The third kappa shape index (κ3) is 3.32. The molecule has 2 aliphatic rings. The minimum absolute atomic E-state index is 0.00503. The SMILES string of the molecule is O=C(c1cscn1)N1CCCC(CC2CC2)(c2noc(-c3ccccn3)n2)C1. The molecular formula is C20H21N5O2S. The van der Waals surface area contributed by atoms with Gasteiger partial charge < -0.3 is 9.42 Å². The number of carbonyl (C=O) groups excluding carboxylic acids is 1. The Morgan fingerprint density at radius 2 is 2.25 bits per heavy atom. The van der Waals surface area contributed by atoms with Crippen molar-refractivity contribution in [1.82, 2.24) is 25.0 Å². The van der Waals surface area contributed by atoms with Crippen LogP contribution in [-0.2, 0) is 5.41 Å². The maximum atomic E-state index is 12.9. The van der Waals surface area contributed by atoms with Crippen molar-refractivity contribution in [1.29, 1.82) is 0 Å². The van der Waals surface area contributed by atoms with Crippen molar-refractivity contribution in [2.24, 2.45) is 5.92 Å². The van der Waals surface area contributed by atoms with Gasteiger partial charge in [-0.15, -0.1) is 11.3 Å². The number of rotatable bonds is 5. The van der Waals surface area contributed by atoms with Gasteiger partial charge in [-0.3, -0.25) is 9.78 Å². The predicted molar refractivity (Wildman–Crippen MR) is 104 cm³/mol. The summed E-state index contributed by atoms with van der Waals surface area (Å²) in [4.78, 5) is 28.1. The second-order valence-corrected chi connectivity index (χ2v) is 8.49. The minimum Gasteiger partial charge on any atom is -0.336 e. The van der Waals surface area contributed by atoms with Gasteiger partial charge in [0.1, 0.15) is 11.4 Å². The molecule has 2 fully saturated rings. The molecule has 0 radical (unpaired) electrons. The van der Waals surface area contributed by atoms with Crippen LogP contribution in [0.25, 0.3) is 11.6 Å². The summed E-state index contributed by atoms with van der Waals surface area (Å²) in [5.74, 6) is 1.82. The fourth-order valence-corrected chi connectivity index (χ4v) is 4.66. The molecule has 8 heteroatoms. The highest BCUT2D eigenvalue weighted by Crippen LogP contribution is 2.46. The van der Waals surface area contributed by atoms with Gasteiger partial charge in [0.15, 0.2) is 5.82 Å². The lowest BCUT2D eigenvalue weighted by molar-refractivity contribution is 0.0602. The molecular weight excluding hydrogens is 374 g/mol. The molecule has 7 nitrogen and oxygen atoms in total. The molecule has 1 aliphatic heterocycles. The zero-order chi connectivity index (χ0) is 19.0. The van der Waals surface area contributed by atoms with Crippen LogP contribution in [0.2, 0.25) is 0 Å². The van der Waals surface area contributed by atoms with Crippen molar-refractivity contribution in [3.8, 4) is 11.6 Å². The molecule has 0 spiro atoms. The highest BCUT2D eigenvalue weighted by molar-refractivity contribution is 7.07. The van der Waals surface area contributed by atoms with Crippen LogP contribution in [0.4, 0.5) is 0 Å². The van der Waals surface area contributed by atoms with E-state index in [-0.39, 0.29) is 11.3 Å². The number of piperidine rings is 1. The number of likely N-dealkylation sites (tertiary alicyclic amines) is 1. The number of aromatic nitrogens is 4. The number of amides is 1. The largest absolute Gasteiger partial charge is 0.336 e. The van der Waals surface area contributed by atoms with E-state index in [1.165, 1.54) is 24.2 Å². The Hall–Kier alpha value is -2.61. The van der Waals surface area contributed by atoms with Gasteiger partial charge in [0.05, 0.1) is 10.9 Å². The second kappa shape index (κ2) is 7.09. The van der Waals surface area contributed by atoms with Crippen molar-refractivity contribution in [3.05, 3.63) is 46.8 Å². The Labute approximate surface area is 166 Å². The standard InChI is InChI=1S/C20H21N5O2S/c26-18(16-11-28-13-22-16)25-9-3-7-20(12-25,10-14-5-6-14)19-23-17(27-24-19)15-4-1-2-8-21-15/h1-2,4,8,11,13-14H,3,5-7,9-10,12H2. The van der Waals surface area contributed by atoms with Crippen molar-refractivity contribution in [2.75, 3.05) is 13.1 Å². The number of hydrogen-bond acceptors (Lipinski definition) is 7. The molecule has 0 N–H and O–H groups in total. The summed E-state index contributed by atoms with van der Waals surface area (Å²) in [5.41, 5.74) is 2.64. The molecule has 1 saturated carbocycles. The van der Waals surface area contributed by atoms with Gasteiger partial charge in [0.2, 0.25) is 0 Å². The summed E-state index contributed by atoms with van der Waals surface area (Å²) in [7, 11) is 0. The minimum atomic E-state index is -0.262. The number of hydrogen-bond donors (Lipinski definition) is 0. The number of carbonyl (C=O) groups is 1. The second-order valence-electron chi connectivity index (χ2n) is 7.77. The van der Waals surface area contributed by atoms with Crippen LogP contribution in [0.1, 0.15) is 48.4 Å². The van der Waals surface area contributed by atoms with E-state index in [9.17, 15) is 4.79 Å². The first-order valence-corrected chi connectivity index (χ1v) is 10.6. The van der Waals surface area contributed by atoms with Crippen molar-refractivity contribution in [2.45, 2.75) is 37.5 Å². The molecule has 4 heterocycles. The normalized spacial score (nSPS) is 22.4. The molecule has 144 valence electrons. The van der Waals surface area contributed by atoms with Gasteiger partial charge in [-0.25, -0.2) is 4.98 Å². The van der Waals surface area contributed by atoms with Gasteiger partial charge in [-0.1, -0.05) is 24.1 Å². The van der Waals surface area contributed by atoms with Crippen LogP contribution in [0.15, 0.2) is 39.8 Å². The first kappa shape index (κ1) is 17.5. The van der Waals surface area contributed by atoms with E-state index in [4.69, 9.17) is 9.51 Å². The Kier molecular flexibility index (Phi) is 4.43. The molecule has 0 aromatic carbocycles. The van der Waals surface area contributed by atoms with Gasteiger partial charge in [-0.05, 0) is 37.3 Å². The lowest BCUT2D eigenvalue weighted by Gasteiger charge is -2.41. The Morgan fingerprint density at radius 1 is 1.32 bits per heavy atom. The quantitative estimate of drug-likeness (QED) is 0.657. The summed E-state index contributed by atoms with van der Waals surface area (Å²) < 4.78 is 5.56. The van der Waals surface area contributed by atoms with Crippen LogP contribution in [-0.4, -0.2) is 44.0 Å². The summed E-state index contributed by atoms with van der Waals surface area (Å²) in [5, 5.41) is 6.16. The van der Waals surface area contributed by atoms with Crippen LogP contribution < -0.4 is 0 Å². The maximum Gasteiger partial charge on any atom is 0.276 e. The van der Waals surface area contributed by atoms with Crippen LogP contribution in [0, 0.1) is 5.92 Å². The third-order valence-electron chi connectivity index (χ3n) is 5.68. The third-order valence-corrected chi connectivity index (χ3v) is 6.26. The Morgan fingerprint density at radius 3 is 3.00 bits per heavy atom. The molecule has 1 aliphatic carbocycles. The van der Waals surface area contributed by atoms with Crippen LogP contribution in [0.3, 0.4) is 0 Å². The van der Waals surface area contributed by atoms with E-state index >= 15 is 0 Å². The summed E-state index contributed by atoms with van der Waals surface area (Å²) in [6.07, 6.45) is 7.09. The molecule has 3 aromatic heterocycles. The Bertz CT molecular complexity index is 954. The van der Waals surface area contributed by atoms with Gasteiger partial charge >= 0.3 is 0 Å². The van der Waals surface area contributed by atoms with Gasteiger partial charge in [0.25, 0.3) is 11.8 Å². The number of nitrogens with zero attached hydrogens (tertiary/aromatic N) is 5. The van der Waals surface area contributed by atoms with E-state index in [1.54, 1.807) is 11.7 Å². The molecule has 28 heavy (non-hydrogen) atoms. The van der Waals surface area contributed by atoms with Crippen molar-refractivity contribution in [3.63, 3.8) is 0 Å². The average Bonchev–Trinajstić information content (AvgIpc) is 3.20. The van der Waals surface area contributed by atoms with E-state index in [0.717, 1.165) is 25.8 Å². The molecule has 3 aromatic rings. The molecule has 1 amide bonds. The molecule has 0 bridgehead atoms. The predicted octanol–water partition coefficient (Wildman–Crippen LogP) is 3.56. The lowest BCUT2D eigenvalue weighted by atomic mass is 9.74. The van der Waals surface area contributed by atoms with Crippen LogP contribution >= 0.6 is 11.3 Å². The smallest absolute Gasteiger partial charge is 0.276 e. The van der Waals surface area contributed by atoms with Crippen molar-refractivity contribution < 1.29 is 9.32 Å². The highest BCUT2D eigenvalue weighted by Gasteiger charge is 2.46. The first-order chi connectivity index (χ1) is 13.7. The summed E-state index contributed by atoms with van der Waals surface area (Å²) in [6, 6.07) is 5.63. The maximum absolute atomic E-state index is 12.9. The molecule has 1 atom stereocenters. The topological polar surface area (TPSA) is 85.0 Å². The lowest BCUT2D eigenvalue weighted by Crippen LogP contribution is -2.49. The monoisotopic (exact) mass is 395 g/mol. The molecule has 5 rings (SSSR count). The fourth-order valence-electron chi connectivity index (χ4n) is 4.13. The van der Waals surface area contributed by atoms with Gasteiger partial charge in [-0.2, -0.15) is 4.98 Å². The van der Waals surface area contributed by atoms with E-state index in [0.29, 0.717) is 35.6 Å². The zero-order valence-corrected chi connectivity index (χ0v) is 16.3. The highest BCUT2D eigenvalue weighted by atomic mass is 32.1. The summed E-state index contributed by atoms with van der Waals surface area (Å²) >= 11 is 1.44. The Balaban J connectivity index is 1.45. The van der Waals surface area contributed by atoms with Gasteiger partial charge in [0, 0.05) is 24.7 Å². The van der Waals surface area contributed by atoms with Crippen LogP contribution in [0.5, 0.6) is 0 Å².